The van der Waals surface area contributed by atoms with Crippen molar-refractivity contribution < 1.29 is 9.18 Å². The van der Waals surface area contributed by atoms with Gasteiger partial charge in [0.1, 0.15) is 5.82 Å². The van der Waals surface area contributed by atoms with Crippen molar-refractivity contribution in [3.63, 3.8) is 0 Å². The average Bonchev–Trinajstić information content (AvgIpc) is 2.28. The van der Waals surface area contributed by atoms with Crippen LogP contribution in [0.15, 0.2) is 27.8 Å². The lowest BCUT2D eigenvalue weighted by molar-refractivity contribution is 0.0949. The molecule has 0 aliphatic rings. The third-order valence-corrected chi connectivity index (χ3v) is 2.45. The Labute approximate surface area is 106 Å². The average molecular weight is 301 g/mol. The van der Waals surface area contributed by atoms with Gasteiger partial charge in [-0.25, -0.2) is 4.39 Å². The normalized spacial score (nSPS) is 9.53. The Morgan fingerprint density at radius 1 is 1.59 bits per heavy atom. The first-order chi connectivity index (χ1) is 8.15. The second-order valence-electron chi connectivity index (χ2n) is 3.19. The van der Waals surface area contributed by atoms with Crippen LogP contribution in [0, 0.1) is 5.82 Å². The van der Waals surface area contributed by atoms with Gasteiger partial charge in [-0.2, -0.15) is 0 Å². The molecule has 90 valence electrons. The Hall–Kier alpha value is -1.59. The lowest BCUT2D eigenvalue weighted by atomic mass is 10.2. The third kappa shape index (κ3) is 4.42. The van der Waals surface area contributed by atoms with Crippen molar-refractivity contribution in [3.8, 4) is 0 Å². The molecule has 0 heterocycles. The Balaban J connectivity index is 2.49. The molecule has 0 aliphatic heterocycles. The zero-order valence-electron chi connectivity index (χ0n) is 8.86. The number of nitrogens with one attached hydrogen (secondary N) is 1. The van der Waals surface area contributed by atoms with E-state index in [-0.39, 0.29) is 5.56 Å². The number of hydrogen-bond acceptors (Lipinski definition) is 2. The number of azide groups is 1. The van der Waals surface area contributed by atoms with Crippen molar-refractivity contribution >= 4 is 21.8 Å². The molecule has 0 fully saturated rings. The zero-order valence-corrected chi connectivity index (χ0v) is 10.4. The highest BCUT2D eigenvalue weighted by Gasteiger charge is 2.10. The van der Waals surface area contributed by atoms with Crippen molar-refractivity contribution in [2.24, 2.45) is 5.11 Å². The fourth-order valence-electron chi connectivity index (χ4n) is 1.17. The molecule has 7 heteroatoms. The molecule has 1 aromatic rings. The smallest absolute Gasteiger partial charge is 0.254 e. The lowest BCUT2D eigenvalue weighted by Gasteiger charge is -2.05. The van der Waals surface area contributed by atoms with Gasteiger partial charge in [0.15, 0.2) is 0 Å². The molecular formula is C10H10BrFN4O. The molecule has 1 aromatic carbocycles. The second kappa shape index (κ2) is 6.88. The summed E-state index contributed by atoms with van der Waals surface area (Å²) in [4.78, 5) is 14.1. The van der Waals surface area contributed by atoms with Gasteiger partial charge in [0, 0.05) is 22.5 Å². The SMILES string of the molecule is [N-]=[N+]=NCCCNC(=O)c1ccc(Br)cc1F. The molecule has 0 atom stereocenters. The van der Waals surface area contributed by atoms with Gasteiger partial charge in [-0.3, -0.25) is 4.79 Å². The number of nitrogens with zero attached hydrogens (tertiary/aromatic N) is 3. The number of carbonyl (C=O) groups is 1. The number of benzene rings is 1. The van der Waals surface area contributed by atoms with Gasteiger partial charge >= 0.3 is 0 Å². The first kappa shape index (κ1) is 13.5. The van der Waals surface area contributed by atoms with Crippen molar-refractivity contribution in [1.82, 2.24) is 5.32 Å². The van der Waals surface area contributed by atoms with E-state index in [1.807, 2.05) is 0 Å². The highest BCUT2D eigenvalue weighted by molar-refractivity contribution is 9.10. The summed E-state index contributed by atoms with van der Waals surface area (Å²) in [7, 11) is 0. The fourth-order valence-corrected chi connectivity index (χ4v) is 1.50. The summed E-state index contributed by atoms with van der Waals surface area (Å²) in [5.41, 5.74) is 8.03. The Morgan fingerprint density at radius 2 is 2.35 bits per heavy atom. The van der Waals surface area contributed by atoms with Gasteiger partial charge in [-0.05, 0) is 30.2 Å². The van der Waals surface area contributed by atoms with Crippen LogP contribution in [0.25, 0.3) is 10.4 Å². The molecule has 0 bridgehead atoms. The summed E-state index contributed by atoms with van der Waals surface area (Å²) in [6.45, 7) is 0.646. The van der Waals surface area contributed by atoms with Crippen LogP contribution in [-0.2, 0) is 0 Å². The van der Waals surface area contributed by atoms with Gasteiger partial charge in [-0.1, -0.05) is 21.0 Å². The molecule has 0 saturated carbocycles. The molecule has 0 aromatic heterocycles. The first-order valence-corrected chi connectivity index (χ1v) is 5.68. The van der Waals surface area contributed by atoms with Gasteiger partial charge in [0.2, 0.25) is 0 Å². The molecule has 0 aliphatic carbocycles. The largest absolute Gasteiger partial charge is 0.352 e. The Bertz CT molecular complexity index is 460. The molecule has 17 heavy (non-hydrogen) atoms. The topological polar surface area (TPSA) is 77.9 Å². The predicted molar refractivity (Wildman–Crippen MR) is 65.1 cm³/mol. The van der Waals surface area contributed by atoms with E-state index in [1.54, 1.807) is 6.07 Å². The maximum absolute atomic E-state index is 13.4. The van der Waals surface area contributed by atoms with E-state index in [2.05, 4.69) is 31.3 Å². The summed E-state index contributed by atoms with van der Waals surface area (Å²) in [5.74, 6) is -1.05. The summed E-state index contributed by atoms with van der Waals surface area (Å²) in [6.07, 6.45) is 0.522. The first-order valence-electron chi connectivity index (χ1n) is 4.89. The van der Waals surface area contributed by atoms with E-state index < -0.39 is 11.7 Å². The van der Waals surface area contributed by atoms with Crippen LogP contribution < -0.4 is 5.32 Å². The van der Waals surface area contributed by atoms with Crippen LogP contribution in [0.3, 0.4) is 0 Å². The number of carbonyl (C=O) groups excluding carboxylic acids is 1. The van der Waals surface area contributed by atoms with Crippen molar-refractivity contribution in [3.05, 3.63) is 44.5 Å². The van der Waals surface area contributed by atoms with Crippen LogP contribution >= 0.6 is 15.9 Å². The molecule has 1 amide bonds. The number of halogens is 2. The molecule has 5 nitrogen and oxygen atoms in total. The summed E-state index contributed by atoms with van der Waals surface area (Å²) in [5, 5.41) is 5.86. The maximum atomic E-state index is 13.4. The summed E-state index contributed by atoms with van der Waals surface area (Å²) < 4.78 is 14.0. The summed E-state index contributed by atoms with van der Waals surface area (Å²) in [6, 6.07) is 4.23. The highest BCUT2D eigenvalue weighted by Crippen LogP contribution is 2.14. The van der Waals surface area contributed by atoms with Gasteiger partial charge in [-0.15, -0.1) is 0 Å². The number of amides is 1. The summed E-state index contributed by atoms with van der Waals surface area (Å²) >= 11 is 3.11. The minimum absolute atomic E-state index is 0.00279. The van der Waals surface area contributed by atoms with Gasteiger partial charge < -0.3 is 5.32 Å². The molecule has 0 unspecified atom stereocenters. The van der Waals surface area contributed by atoms with E-state index >= 15 is 0 Å². The molecule has 0 radical (unpaired) electrons. The Morgan fingerprint density at radius 3 is 3.00 bits per heavy atom. The number of rotatable bonds is 5. The second-order valence-corrected chi connectivity index (χ2v) is 4.10. The molecule has 0 saturated heterocycles. The highest BCUT2D eigenvalue weighted by atomic mass is 79.9. The van der Waals surface area contributed by atoms with Crippen molar-refractivity contribution in [1.29, 1.82) is 0 Å². The van der Waals surface area contributed by atoms with Crippen LogP contribution in [0.1, 0.15) is 16.8 Å². The molecule has 0 spiro atoms. The molecule has 1 rings (SSSR count). The fraction of sp³-hybridized carbons (Fsp3) is 0.300. The van der Waals surface area contributed by atoms with Crippen LogP contribution in [0.4, 0.5) is 4.39 Å². The monoisotopic (exact) mass is 300 g/mol. The van der Waals surface area contributed by atoms with Crippen molar-refractivity contribution in [2.75, 3.05) is 13.1 Å². The van der Waals surface area contributed by atoms with E-state index in [4.69, 9.17) is 5.53 Å². The van der Waals surface area contributed by atoms with Crippen molar-refractivity contribution in [2.45, 2.75) is 6.42 Å². The van der Waals surface area contributed by atoms with E-state index in [9.17, 15) is 9.18 Å². The van der Waals surface area contributed by atoms with Gasteiger partial charge in [0.05, 0.1) is 5.56 Å². The zero-order chi connectivity index (χ0) is 12.7. The molecule has 1 N–H and O–H groups in total. The standard InChI is InChI=1S/C10H10BrFN4O/c11-7-2-3-8(9(12)6-7)10(17)14-4-1-5-15-16-13/h2-3,6H,1,4-5H2,(H,14,17). The van der Waals surface area contributed by atoms with Crippen LogP contribution in [0.5, 0.6) is 0 Å². The van der Waals surface area contributed by atoms with Crippen LogP contribution in [0.2, 0.25) is 0 Å². The number of hydrogen-bond donors (Lipinski definition) is 1. The predicted octanol–water partition coefficient (Wildman–Crippen LogP) is 3.02. The minimum atomic E-state index is -0.577. The Kier molecular flexibility index (Phi) is 5.45. The van der Waals surface area contributed by atoms with Gasteiger partial charge in [0.25, 0.3) is 5.91 Å². The third-order valence-electron chi connectivity index (χ3n) is 1.96. The molecular weight excluding hydrogens is 291 g/mol. The quantitative estimate of drug-likeness (QED) is 0.386. The minimum Gasteiger partial charge on any atom is -0.352 e. The van der Waals surface area contributed by atoms with E-state index in [0.29, 0.717) is 24.0 Å². The van der Waals surface area contributed by atoms with E-state index in [1.165, 1.54) is 12.1 Å². The maximum Gasteiger partial charge on any atom is 0.254 e. The van der Waals surface area contributed by atoms with E-state index in [0.717, 1.165) is 0 Å². The lowest BCUT2D eigenvalue weighted by Crippen LogP contribution is -2.25. The van der Waals surface area contributed by atoms with Crippen LogP contribution in [-0.4, -0.2) is 19.0 Å².